The van der Waals surface area contributed by atoms with Gasteiger partial charge >= 0.3 is 5.97 Å². The first kappa shape index (κ1) is 44.0. The van der Waals surface area contributed by atoms with Gasteiger partial charge in [0.05, 0.1) is 6.10 Å². The number of carbonyl (C=O) groups excluding carboxylic acids is 1. The highest BCUT2D eigenvalue weighted by molar-refractivity contribution is 5.66. The standard InChI is InChI=1S/C8H16O3.6CH4/c1-4-8(10)5-6(2)11-7(3)9;;;;;;/h6,8,10H,4-5H2,1-3H3;6*1H4. The van der Waals surface area contributed by atoms with Crippen LogP contribution < -0.4 is 0 Å². The van der Waals surface area contributed by atoms with Crippen LogP contribution in [0.2, 0.25) is 0 Å². The molecule has 0 aliphatic rings. The van der Waals surface area contributed by atoms with Crippen LogP contribution in [0.15, 0.2) is 0 Å². The summed E-state index contributed by atoms with van der Waals surface area (Å²) in [7, 11) is 0. The van der Waals surface area contributed by atoms with Crippen molar-refractivity contribution >= 4 is 5.97 Å². The largest absolute Gasteiger partial charge is 0.463 e. The number of aliphatic hydroxyl groups is 1. The second-order valence-electron chi connectivity index (χ2n) is 2.72. The van der Waals surface area contributed by atoms with Gasteiger partial charge in [-0.2, -0.15) is 0 Å². The average molecular weight is 256 g/mol. The molecule has 0 saturated carbocycles. The van der Waals surface area contributed by atoms with E-state index in [4.69, 9.17) is 9.84 Å². The molecule has 0 bridgehead atoms. The minimum Gasteiger partial charge on any atom is -0.463 e. The van der Waals surface area contributed by atoms with Crippen LogP contribution in [-0.4, -0.2) is 23.3 Å². The van der Waals surface area contributed by atoms with Gasteiger partial charge in [0.1, 0.15) is 6.10 Å². The second-order valence-corrected chi connectivity index (χ2v) is 2.72. The van der Waals surface area contributed by atoms with E-state index in [0.29, 0.717) is 12.8 Å². The van der Waals surface area contributed by atoms with Gasteiger partial charge in [-0.3, -0.25) is 4.79 Å². The summed E-state index contributed by atoms with van der Waals surface area (Å²) < 4.78 is 4.82. The van der Waals surface area contributed by atoms with Gasteiger partial charge in [0.15, 0.2) is 0 Å². The number of hydrogen-bond donors (Lipinski definition) is 1. The molecule has 114 valence electrons. The molecule has 17 heavy (non-hydrogen) atoms. The van der Waals surface area contributed by atoms with Gasteiger partial charge in [0.25, 0.3) is 0 Å². The molecule has 0 saturated heterocycles. The lowest BCUT2D eigenvalue weighted by Crippen LogP contribution is -2.19. The maximum Gasteiger partial charge on any atom is 0.302 e. The van der Waals surface area contributed by atoms with Crippen molar-refractivity contribution in [1.82, 2.24) is 0 Å². The quantitative estimate of drug-likeness (QED) is 0.726. The van der Waals surface area contributed by atoms with E-state index in [-0.39, 0.29) is 62.7 Å². The van der Waals surface area contributed by atoms with Crippen LogP contribution in [-0.2, 0) is 9.53 Å². The van der Waals surface area contributed by atoms with Crippen molar-refractivity contribution in [2.45, 2.75) is 90.4 Å². The number of esters is 1. The van der Waals surface area contributed by atoms with Crippen LogP contribution in [0.4, 0.5) is 0 Å². The van der Waals surface area contributed by atoms with E-state index in [1.165, 1.54) is 6.92 Å². The van der Waals surface area contributed by atoms with E-state index in [1.54, 1.807) is 6.92 Å². The molecule has 0 spiro atoms. The third kappa shape index (κ3) is 31.3. The maximum absolute atomic E-state index is 10.4. The normalized spacial score (nSPS) is 10.1. The molecule has 0 fully saturated rings. The molecule has 0 heterocycles. The molecule has 0 aliphatic carbocycles. The summed E-state index contributed by atoms with van der Waals surface area (Å²) >= 11 is 0. The van der Waals surface area contributed by atoms with Crippen molar-refractivity contribution in [2.24, 2.45) is 0 Å². The van der Waals surface area contributed by atoms with Crippen LogP contribution in [0.3, 0.4) is 0 Å². The monoisotopic (exact) mass is 256 g/mol. The van der Waals surface area contributed by atoms with E-state index in [1.807, 2.05) is 6.92 Å². The molecule has 1 N–H and O–H groups in total. The molecule has 3 nitrogen and oxygen atoms in total. The van der Waals surface area contributed by atoms with Crippen LogP contribution >= 0.6 is 0 Å². The Kier molecular flexibility index (Phi) is 63.6. The molecule has 0 aliphatic heterocycles. The lowest BCUT2D eigenvalue weighted by molar-refractivity contribution is -0.146. The highest BCUT2D eigenvalue weighted by atomic mass is 16.5. The Hall–Kier alpha value is -0.570. The first-order valence-corrected chi connectivity index (χ1v) is 3.91. The Balaban J connectivity index is -0.0000000333. The van der Waals surface area contributed by atoms with Gasteiger partial charge in [0.2, 0.25) is 0 Å². The molecule has 0 amide bonds. The highest BCUT2D eigenvalue weighted by Gasteiger charge is 2.10. The van der Waals surface area contributed by atoms with Gasteiger partial charge in [-0.25, -0.2) is 0 Å². The topological polar surface area (TPSA) is 46.5 Å². The van der Waals surface area contributed by atoms with E-state index in [9.17, 15) is 4.79 Å². The number of rotatable bonds is 4. The molecule has 0 radical (unpaired) electrons. The first-order chi connectivity index (χ1) is 5.06. The van der Waals surface area contributed by atoms with Crippen molar-refractivity contribution in [3.8, 4) is 0 Å². The number of aliphatic hydroxyl groups excluding tert-OH is 1. The van der Waals surface area contributed by atoms with Crippen molar-refractivity contribution < 1.29 is 14.6 Å². The van der Waals surface area contributed by atoms with Crippen LogP contribution in [0.5, 0.6) is 0 Å². The summed E-state index contributed by atoms with van der Waals surface area (Å²) in [6.45, 7) is 5.04. The zero-order chi connectivity index (χ0) is 8.85. The molecular formula is C14H40O3. The SMILES string of the molecule is C.C.C.C.C.C.CCC(O)CC(C)OC(C)=O. The molecule has 3 heteroatoms. The highest BCUT2D eigenvalue weighted by Crippen LogP contribution is 2.04. The van der Waals surface area contributed by atoms with E-state index < -0.39 is 0 Å². The molecule has 0 aromatic rings. The van der Waals surface area contributed by atoms with Crippen molar-refractivity contribution in [2.75, 3.05) is 0 Å². The first-order valence-electron chi connectivity index (χ1n) is 3.91. The Bertz CT molecular complexity index is 125. The number of ether oxygens (including phenoxy) is 1. The third-order valence-electron chi connectivity index (χ3n) is 1.44. The van der Waals surface area contributed by atoms with Gasteiger partial charge in [-0.05, 0) is 13.3 Å². The molecule has 0 aromatic heterocycles. The predicted octanol–water partition coefficient (Wildman–Crippen LogP) is 4.92. The molecule has 0 aromatic carbocycles. The van der Waals surface area contributed by atoms with Crippen molar-refractivity contribution in [1.29, 1.82) is 0 Å². The number of carbonyl (C=O) groups is 1. The zero-order valence-electron chi connectivity index (χ0n) is 7.33. The Labute approximate surface area is 112 Å². The summed E-state index contributed by atoms with van der Waals surface area (Å²) in [5, 5.41) is 9.15. The smallest absolute Gasteiger partial charge is 0.302 e. The average Bonchev–Trinajstić information content (AvgIpc) is 1.85. The van der Waals surface area contributed by atoms with Gasteiger partial charge < -0.3 is 9.84 Å². The fraction of sp³-hybridized carbons (Fsp3) is 0.929. The third-order valence-corrected chi connectivity index (χ3v) is 1.44. The summed E-state index contributed by atoms with van der Waals surface area (Å²) in [6, 6.07) is 0. The Morgan fingerprint density at radius 2 is 1.47 bits per heavy atom. The van der Waals surface area contributed by atoms with E-state index in [0.717, 1.165) is 0 Å². The van der Waals surface area contributed by atoms with Crippen LogP contribution in [0, 0.1) is 0 Å². The molecule has 2 unspecified atom stereocenters. The van der Waals surface area contributed by atoms with E-state index >= 15 is 0 Å². The Morgan fingerprint density at radius 3 is 1.71 bits per heavy atom. The van der Waals surface area contributed by atoms with Gasteiger partial charge in [-0.15, -0.1) is 0 Å². The maximum atomic E-state index is 10.4. The lowest BCUT2D eigenvalue weighted by atomic mass is 10.1. The second kappa shape index (κ2) is 24.6. The summed E-state index contributed by atoms with van der Waals surface area (Å²) in [5.74, 6) is -0.291. The zero-order valence-corrected chi connectivity index (χ0v) is 7.33. The van der Waals surface area contributed by atoms with Crippen LogP contribution in [0.25, 0.3) is 0 Å². The van der Waals surface area contributed by atoms with Crippen molar-refractivity contribution in [3.63, 3.8) is 0 Å². The summed E-state index contributed by atoms with van der Waals surface area (Å²) in [5.41, 5.74) is 0. The minimum atomic E-state index is -0.357. The van der Waals surface area contributed by atoms with Gasteiger partial charge in [-0.1, -0.05) is 51.5 Å². The summed E-state index contributed by atoms with van der Waals surface area (Å²) in [6.07, 6.45) is 0.689. The predicted molar refractivity (Wildman–Crippen MR) is 82.5 cm³/mol. The molecule has 0 rings (SSSR count). The fourth-order valence-corrected chi connectivity index (χ4v) is 0.881. The fourth-order valence-electron chi connectivity index (χ4n) is 0.881. The number of hydrogen-bond acceptors (Lipinski definition) is 3. The summed E-state index contributed by atoms with van der Waals surface area (Å²) in [4.78, 5) is 10.4. The van der Waals surface area contributed by atoms with Gasteiger partial charge in [0, 0.05) is 13.3 Å². The van der Waals surface area contributed by atoms with Crippen LogP contribution in [0.1, 0.15) is 78.2 Å². The lowest BCUT2D eigenvalue weighted by Gasteiger charge is -2.14. The Morgan fingerprint density at radius 1 is 1.12 bits per heavy atom. The minimum absolute atomic E-state index is 0. The van der Waals surface area contributed by atoms with Crippen molar-refractivity contribution in [3.05, 3.63) is 0 Å². The molecule has 2 atom stereocenters. The molecular weight excluding hydrogens is 216 g/mol. The van der Waals surface area contributed by atoms with E-state index in [2.05, 4.69) is 0 Å².